The van der Waals surface area contributed by atoms with Crippen molar-refractivity contribution in [2.75, 3.05) is 12.0 Å². The summed E-state index contributed by atoms with van der Waals surface area (Å²) < 4.78 is 5.11. The number of carbonyl (C=O) groups is 1. The molecule has 1 aliphatic rings. The summed E-state index contributed by atoms with van der Waals surface area (Å²) >= 11 is 0. The second-order valence-corrected chi connectivity index (χ2v) is 4.20. The first-order valence-corrected chi connectivity index (χ1v) is 5.68. The van der Waals surface area contributed by atoms with Crippen molar-refractivity contribution in [3.8, 4) is 5.75 Å². The molecule has 86 valence electrons. The first-order chi connectivity index (χ1) is 7.72. The predicted molar refractivity (Wildman–Crippen MR) is 63.8 cm³/mol. The van der Waals surface area contributed by atoms with Crippen molar-refractivity contribution in [3.63, 3.8) is 0 Å². The molecule has 16 heavy (non-hydrogen) atoms. The fourth-order valence-electron chi connectivity index (χ4n) is 2.19. The Hall–Kier alpha value is -1.51. The maximum atomic E-state index is 11.9. The van der Waals surface area contributed by atoms with E-state index in [2.05, 4.69) is 6.92 Å². The summed E-state index contributed by atoms with van der Waals surface area (Å²) in [5, 5.41) is 0. The fraction of sp³-hybridized carbons (Fsp3) is 0.462. The summed E-state index contributed by atoms with van der Waals surface area (Å²) in [7, 11) is 1.64. The molecule has 0 radical (unpaired) electrons. The zero-order valence-corrected chi connectivity index (χ0v) is 9.77. The lowest BCUT2D eigenvalue weighted by atomic mass is 10.0. The number of ether oxygens (including phenoxy) is 1. The number of piperidine rings is 1. The lowest BCUT2D eigenvalue weighted by Gasteiger charge is -2.33. The molecule has 0 aromatic heterocycles. The number of benzene rings is 1. The highest BCUT2D eigenvalue weighted by Crippen LogP contribution is 2.26. The third-order valence-electron chi connectivity index (χ3n) is 3.07. The molecular weight excluding hydrogens is 202 g/mol. The van der Waals surface area contributed by atoms with Gasteiger partial charge in [0.25, 0.3) is 0 Å². The molecule has 1 aromatic carbocycles. The van der Waals surface area contributed by atoms with Crippen LogP contribution in [-0.2, 0) is 4.79 Å². The summed E-state index contributed by atoms with van der Waals surface area (Å²) in [6, 6.07) is 7.97. The van der Waals surface area contributed by atoms with Gasteiger partial charge >= 0.3 is 0 Å². The van der Waals surface area contributed by atoms with Crippen molar-refractivity contribution in [2.24, 2.45) is 0 Å². The Morgan fingerprint density at radius 3 is 2.56 bits per heavy atom. The highest BCUT2D eigenvalue weighted by molar-refractivity contribution is 5.94. The largest absolute Gasteiger partial charge is 0.497 e. The van der Waals surface area contributed by atoms with E-state index >= 15 is 0 Å². The molecule has 2 rings (SSSR count). The SMILES string of the molecule is COc1ccc(N2C(=O)CCCC2C)cc1. The maximum Gasteiger partial charge on any atom is 0.227 e. The van der Waals surface area contributed by atoms with Crippen molar-refractivity contribution in [1.82, 2.24) is 0 Å². The minimum Gasteiger partial charge on any atom is -0.497 e. The van der Waals surface area contributed by atoms with Crippen molar-refractivity contribution in [3.05, 3.63) is 24.3 Å². The van der Waals surface area contributed by atoms with E-state index in [4.69, 9.17) is 4.74 Å². The van der Waals surface area contributed by atoms with Crippen LogP contribution in [0.2, 0.25) is 0 Å². The van der Waals surface area contributed by atoms with Crippen molar-refractivity contribution < 1.29 is 9.53 Å². The van der Waals surface area contributed by atoms with Gasteiger partial charge in [-0.3, -0.25) is 4.79 Å². The molecule has 1 aliphatic heterocycles. The standard InChI is InChI=1S/C13H17NO2/c1-10-4-3-5-13(15)14(10)11-6-8-12(16-2)9-7-11/h6-10H,3-5H2,1-2H3. The van der Waals surface area contributed by atoms with Gasteiger partial charge in [-0.25, -0.2) is 0 Å². The molecular formula is C13H17NO2. The molecule has 0 spiro atoms. The molecule has 1 fully saturated rings. The highest BCUT2D eigenvalue weighted by Gasteiger charge is 2.25. The van der Waals surface area contributed by atoms with Crippen molar-refractivity contribution in [1.29, 1.82) is 0 Å². The Morgan fingerprint density at radius 2 is 2.00 bits per heavy atom. The maximum absolute atomic E-state index is 11.9. The summed E-state index contributed by atoms with van der Waals surface area (Å²) in [5.41, 5.74) is 0.970. The van der Waals surface area contributed by atoms with Gasteiger partial charge in [0, 0.05) is 18.2 Å². The minimum absolute atomic E-state index is 0.226. The Morgan fingerprint density at radius 1 is 1.31 bits per heavy atom. The molecule has 0 aliphatic carbocycles. The molecule has 1 saturated heterocycles. The van der Waals surface area contributed by atoms with E-state index in [9.17, 15) is 4.79 Å². The number of hydrogen-bond acceptors (Lipinski definition) is 2. The van der Waals surface area contributed by atoms with Crippen molar-refractivity contribution in [2.45, 2.75) is 32.2 Å². The Bertz CT molecular complexity index is 372. The zero-order valence-electron chi connectivity index (χ0n) is 9.77. The van der Waals surface area contributed by atoms with E-state index in [0.717, 1.165) is 24.3 Å². The van der Waals surface area contributed by atoms with Crippen molar-refractivity contribution >= 4 is 11.6 Å². The second-order valence-electron chi connectivity index (χ2n) is 4.20. The summed E-state index contributed by atoms with van der Waals surface area (Å²) in [4.78, 5) is 13.7. The van der Waals surface area contributed by atoms with Crippen LogP contribution in [-0.4, -0.2) is 19.1 Å². The van der Waals surface area contributed by atoms with Crippen LogP contribution >= 0.6 is 0 Å². The second kappa shape index (κ2) is 4.56. The van der Waals surface area contributed by atoms with Gasteiger partial charge in [0.2, 0.25) is 5.91 Å². The van der Waals surface area contributed by atoms with Gasteiger partial charge in [0.15, 0.2) is 0 Å². The van der Waals surface area contributed by atoms with Crippen LogP contribution in [0.25, 0.3) is 0 Å². The highest BCUT2D eigenvalue weighted by atomic mass is 16.5. The minimum atomic E-state index is 0.226. The third-order valence-corrected chi connectivity index (χ3v) is 3.07. The average Bonchev–Trinajstić information content (AvgIpc) is 2.30. The van der Waals surface area contributed by atoms with Crippen LogP contribution in [0.15, 0.2) is 24.3 Å². The van der Waals surface area contributed by atoms with Crippen LogP contribution in [0.1, 0.15) is 26.2 Å². The van der Waals surface area contributed by atoms with E-state index in [1.54, 1.807) is 7.11 Å². The molecule has 1 heterocycles. The van der Waals surface area contributed by atoms with E-state index in [1.807, 2.05) is 29.2 Å². The first kappa shape index (κ1) is 11.0. The Balaban J connectivity index is 2.23. The molecule has 1 amide bonds. The van der Waals surface area contributed by atoms with E-state index in [0.29, 0.717) is 12.5 Å². The van der Waals surface area contributed by atoms with Gasteiger partial charge in [0.1, 0.15) is 5.75 Å². The van der Waals surface area contributed by atoms with Gasteiger partial charge in [-0.2, -0.15) is 0 Å². The summed E-state index contributed by atoms with van der Waals surface area (Å²) in [6.45, 7) is 2.10. The molecule has 1 aromatic rings. The number of nitrogens with zero attached hydrogens (tertiary/aromatic N) is 1. The topological polar surface area (TPSA) is 29.5 Å². The summed E-state index contributed by atoms with van der Waals surface area (Å²) in [5.74, 6) is 1.05. The lowest BCUT2D eigenvalue weighted by Crippen LogP contribution is -2.41. The fourth-order valence-corrected chi connectivity index (χ4v) is 2.19. The molecule has 1 atom stereocenters. The quantitative estimate of drug-likeness (QED) is 0.765. The third kappa shape index (κ3) is 2.03. The average molecular weight is 219 g/mol. The van der Waals surface area contributed by atoms with Gasteiger partial charge in [-0.15, -0.1) is 0 Å². The zero-order chi connectivity index (χ0) is 11.5. The number of amides is 1. The van der Waals surface area contributed by atoms with E-state index in [-0.39, 0.29) is 5.91 Å². The molecule has 0 bridgehead atoms. The van der Waals surface area contributed by atoms with Crippen LogP contribution in [0.5, 0.6) is 5.75 Å². The van der Waals surface area contributed by atoms with E-state index in [1.165, 1.54) is 0 Å². The van der Waals surface area contributed by atoms with Gasteiger partial charge in [0.05, 0.1) is 7.11 Å². The molecule has 3 heteroatoms. The first-order valence-electron chi connectivity index (χ1n) is 5.68. The Labute approximate surface area is 96.0 Å². The van der Waals surface area contributed by atoms with Crippen LogP contribution in [0, 0.1) is 0 Å². The smallest absolute Gasteiger partial charge is 0.227 e. The van der Waals surface area contributed by atoms with E-state index < -0.39 is 0 Å². The Kier molecular flexibility index (Phi) is 3.13. The lowest BCUT2D eigenvalue weighted by molar-refractivity contribution is -0.120. The van der Waals surface area contributed by atoms with Crippen LogP contribution in [0.4, 0.5) is 5.69 Å². The van der Waals surface area contributed by atoms with Gasteiger partial charge in [-0.05, 0) is 44.0 Å². The summed E-state index contributed by atoms with van der Waals surface area (Å²) in [6.07, 6.45) is 2.75. The molecule has 0 N–H and O–H groups in total. The number of methoxy groups -OCH3 is 1. The van der Waals surface area contributed by atoms with Crippen LogP contribution < -0.4 is 9.64 Å². The molecule has 0 saturated carbocycles. The van der Waals surface area contributed by atoms with Gasteiger partial charge in [-0.1, -0.05) is 0 Å². The number of hydrogen-bond donors (Lipinski definition) is 0. The van der Waals surface area contributed by atoms with Crippen LogP contribution in [0.3, 0.4) is 0 Å². The monoisotopic (exact) mass is 219 g/mol. The molecule has 3 nitrogen and oxygen atoms in total. The normalized spacial score (nSPS) is 21.0. The molecule has 1 unspecified atom stereocenters. The number of rotatable bonds is 2. The predicted octanol–water partition coefficient (Wildman–Crippen LogP) is 2.60. The number of carbonyl (C=O) groups excluding carboxylic acids is 1. The number of anilines is 1. The van der Waals surface area contributed by atoms with Gasteiger partial charge < -0.3 is 9.64 Å².